The number of aliphatic carboxylic acids is 2. The largest absolute Gasteiger partial charge is 0.481 e. The number of fused-ring (bicyclic) bond motifs is 2. The van der Waals surface area contributed by atoms with Crippen molar-refractivity contribution in [2.75, 3.05) is 30.9 Å². The van der Waals surface area contributed by atoms with Crippen molar-refractivity contribution in [2.45, 2.75) is 29.3 Å². The number of oxime groups is 1. The highest BCUT2D eigenvalue weighted by molar-refractivity contribution is 8.00. The Morgan fingerprint density at radius 3 is 2.85 bits per heavy atom. The predicted octanol–water partition coefficient (Wildman–Crippen LogP) is -0.811. The summed E-state index contributed by atoms with van der Waals surface area (Å²) in [4.78, 5) is 59.7. The van der Waals surface area contributed by atoms with E-state index in [1.54, 1.807) is 6.07 Å². The number of carbonyl (C=O) groups is 4. The Balaban J connectivity index is 1.27. The van der Waals surface area contributed by atoms with Crippen molar-refractivity contribution in [2.24, 2.45) is 10.6 Å². The number of β-lactam (4-membered cyclic amide) rings is 1. The van der Waals surface area contributed by atoms with Gasteiger partial charge < -0.3 is 31.0 Å². The van der Waals surface area contributed by atoms with Gasteiger partial charge in [0.05, 0.1) is 0 Å². The molecule has 3 aromatic rings. The highest BCUT2D eigenvalue weighted by Gasteiger charge is 2.57. The Kier molecular flexibility index (Phi) is 7.95. The van der Waals surface area contributed by atoms with Crippen molar-refractivity contribution in [3.05, 3.63) is 22.7 Å². The van der Waals surface area contributed by atoms with Gasteiger partial charge in [-0.25, -0.2) is 4.98 Å². The van der Waals surface area contributed by atoms with Crippen LogP contribution in [0.1, 0.15) is 17.7 Å². The maximum absolute atomic E-state index is 13.0. The molecular formula is C21H22N10O7S3. The molecule has 5 N–H and O–H groups in total. The Labute approximate surface area is 242 Å². The van der Waals surface area contributed by atoms with Gasteiger partial charge in [0.25, 0.3) is 5.91 Å². The number of thiazole rings is 1. The number of aryl methyl sites for hydroxylation is 1. The van der Waals surface area contributed by atoms with Crippen molar-refractivity contribution in [3.63, 3.8) is 0 Å². The predicted molar refractivity (Wildman–Crippen MR) is 145 cm³/mol. The molecule has 3 atom stereocenters. The van der Waals surface area contributed by atoms with E-state index in [2.05, 4.69) is 36.1 Å². The molecule has 41 heavy (non-hydrogen) atoms. The van der Waals surface area contributed by atoms with E-state index < -0.39 is 40.6 Å². The molecule has 2 fully saturated rings. The van der Waals surface area contributed by atoms with Crippen LogP contribution in [-0.4, -0.2) is 111 Å². The molecule has 20 heteroatoms. The Morgan fingerprint density at radius 1 is 1.37 bits per heavy atom. The van der Waals surface area contributed by atoms with Gasteiger partial charge in [-0.1, -0.05) is 5.16 Å². The third-order valence-corrected chi connectivity index (χ3v) is 9.84. The lowest BCUT2D eigenvalue weighted by Crippen LogP contribution is -2.74. The number of thioether (sulfide) groups is 2. The first kappa shape index (κ1) is 28.5. The molecule has 0 bridgehead atoms. The first-order chi connectivity index (χ1) is 19.6. The van der Waals surface area contributed by atoms with Gasteiger partial charge in [0.1, 0.15) is 34.7 Å². The number of carbonyl (C=O) groups excluding carboxylic acids is 2. The number of nitrogens with two attached hydrogens (primary N) is 1. The van der Waals surface area contributed by atoms with E-state index in [1.165, 1.54) is 33.8 Å². The summed E-state index contributed by atoms with van der Waals surface area (Å²) in [6.45, 7) is -0.0706. The van der Waals surface area contributed by atoms with Gasteiger partial charge in [0, 0.05) is 35.4 Å². The Hall–Kier alpha value is -4.04. The molecule has 2 aliphatic rings. The Bertz CT molecular complexity index is 1560. The SMILES string of the molecule is CON=C(C(=O)NC1C(=O)N2CC(CSc3cc(CCC(=O)O)c4nnnn4n3)(C(=O)O)CS[C@H]12)c1csc(N)n1. The monoisotopic (exact) mass is 622 g/mol. The fourth-order valence-electron chi connectivity index (χ4n) is 4.29. The zero-order valence-electron chi connectivity index (χ0n) is 21.2. The van der Waals surface area contributed by atoms with Crippen LogP contribution in [-0.2, 0) is 30.4 Å². The number of carboxylic acid groups (broad SMARTS) is 2. The molecule has 3 aromatic heterocycles. The number of nitrogens with one attached hydrogen (secondary N) is 1. The molecule has 0 aliphatic carbocycles. The second-order valence-electron chi connectivity index (χ2n) is 9.08. The summed E-state index contributed by atoms with van der Waals surface area (Å²) in [5, 5.41) is 42.9. The topological polar surface area (TPSA) is 240 Å². The second-order valence-corrected chi connectivity index (χ2v) is 12.1. The van der Waals surface area contributed by atoms with Crippen LogP contribution < -0.4 is 11.1 Å². The van der Waals surface area contributed by atoms with Crippen LogP contribution in [0.3, 0.4) is 0 Å². The molecule has 0 saturated carbocycles. The summed E-state index contributed by atoms with van der Waals surface area (Å²) >= 11 is 3.51. The first-order valence-electron chi connectivity index (χ1n) is 11.8. The quantitative estimate of drug-likeness (QED) is 0.0884. The second kappa shape index (κ2) is 11.4. The number of amides is 2. The van der Waals surface area contributed by atoms with Crippen molar-refractivity contribution < 1.29 is 34.2 Å². The van der Waals surface area contributed by atoms with E-state index in [1.807, 2.05) is 0 Å². The van der Waals surface area contributed by atoms with Gasteiger partial charge in [-0.05, 0) is 22.9 Å². The number of aromatic nitrogens is 6. The highest BCUT2D eigenvalue weighted by atomic mass is 32.2. The third kappa shape index (κ3) is 5.61. The maximum atomic E-state index is 13.0. The van der Waals surface area contributed by atoms with Crippen LogP contribution >= 0.6 is 34.9 Å². The van der Waals surface area contributed by atoms with E-state index >= 15 is 0 Å². The normalized spacial score (nSPS) is 22.2. The van der Waals surface area contributed by atoms with Crippen LogP contribution in [0.4, 0.5) is 5.13 Å². The number of anilines is 1. The zero-order valence-corrected chi connectivity index (χ0v) is 23.6. The van der Waals surface area contributed by atoms with Crippen LogP contribution in [0.2, 0.25) is 0 Å². The van der Waals surface area contributed by atoms with Crippen LogP contribution in [0.5, 0.6) is 0 Å². The van der Waals surface area contributed by atoms with Gasteiger partial charge in [-0.15, -0.1) is 49.7 Å². The first-order valence-corrected chi connectivity index (χ1v) is 14.7. The third-order valence-electron chi connectivity index (χ3n) is 6.38. The molecule has 2 unspecified atom stereocenters. The molecule has 0 spiro atoms. The fraction of sp³-hybridized carbons (Fsp3) is 0.429. The maximum Gasteiger partial charge on any atom is 0.313 e. The molecule has 5 rings (SSSR count). The summed E-state index contributed by atoms with van der Waals surface area (Å²) in [5.74, 6) is -2.94. The van der Waals surface area contributed by atoms with Gasteiger partial charge >= 0.3 is 11.9 Å². The van der Waals surface area contributed by atoms with Gasteiger partial charge in [0.2, 0.25) is 11.6 Å². The molecule has 5 heterocycles. The molecule has 216 valence electrons. The van der Waals surface area contributed by atoms with E-state index in [9.17, 15) is 24.3 Å². The summed E-state index contributed by atoms with van der Waals surface area (Å²) in [6.07, 6.45) is 0.0259. The zero-order chi connectivity index (χ0) is 29.3. The lowest BCUT2D eigenvalue weighted by molar-refractivity contribution is -0.157. The van der Waals surface area contributed by atoms with Crippen LogP contribution in [0.15, 0.2) is 21.6 Å². The molecule has 2 amide bonds. The lowest BCUT2D eigenvalue weighted by atomic mass is 9.89. The molecule has 2 saturated heterocycles. The average Bonchev–Trinajstić information content (AvgIpc) is 3.60. The van der Waals surface area contributed by atoms with E-state index in [0.29, 0.717) is 16.2 Å². The van der Waals surface area contributed by atoms with Gasteiger partial charge in [0.15, 0.2) is 10.8 Å². The molecule has 2 aliphatic heterocycles. The number of rotatable bonds is 11. The minimum atomic E-state index is -1.31. The highest BCUT2D eigenvalue weighted by Crippen LogP contribution is 2.44. The van der Waals surface area contributed by atoms with Gasteiger partial charge in [-0.3, -0.25) is 19.2 Å². The van der Waals surface area contributed by atoms with Crippen molar-refractivity contribution in [1.82, 2.24) is 40.5 Å². The summed E-state index contributed by atoms with van der Waals surface area (Å²) in [7, 11) is 1.27. The minimum Gasteiger partial charge on any atom is -0.481 e. The standard InChI is InChI=1S/C21H22N10O7S3/c1-38-27-13(10-5-39-20(22)23-10)16(34)24-14-17(35)30-6-21(19(36)37,8-41-18(14)30)7-40-11-4-9(2-3-12(32)33)15-25-28-29-31(15)26-11/h4-5,14,18H,2-3,6-8H2,1H3,(H2,22,23)(H,24,34)(H,32,33)(H,36,37)/t14?,18-,21?/m1/s1. The average molecular weight is 623 g/mol. The Morgan fingerprint density at radius 2 is 2.17 bits per heavy atom. The van der Waals surface area contributed by atoms with Gasteiger partial charge in [-0.2, -0.15) is 0 Å². The molecule has 17 nitrogen and oxygen atoms in total. The number of carboxylic acids is 2. The fourth-order valence-corrected chi connectivity index (χ4v) is 7.61. The van der Waals surface area contributed by atoms with E-state index in [4.69, 9.17) is 15.7 Å². The van der Waals surface area contributed by atoms with Crippen molar-refractivity contribution >= 4 is 75.1 Å². The number of tetrazole rings is 1. The number of hydrogen-bond donors (Lipinski definition) is 4. The summed E-state index contributed by atoms with van der Waals surface area (Å²) < 4.78 is 1.17. The number of nitrogen functional groups attached to an aromatic ring is 1. The number of nitrogens with zero attached hydrogens (tertiary/aromatic N) is 8. The summed E-state index contributed by atoms with van der Waals surface area (Å²) in [5.41, 5.74) is 5.28. The van der Waals surface area contributed by atoms with E-state index in [-0.39, 0.29) is 47.4 Å². The van der Waals surface area contributed by atoms with Crippen LogP contribution in [0, 0.1) is 5.41 Å². The van der Waals surface area contributed by atoms with Crippen LogP contribution in [0.25, 0.3) is 5.65 Å². The van der Waals surface area contributed by atoms with Crippen molar-refractivity contribution in [1.29, 1.82) is 0 Å². The smallest absolute Gasteiger partial charge is 0.313 e. The lowest BCUT2D eigenvalue weighted by Gasteiger charge is -2.53. The molecule has 0 radical (unpaired) electrons. The van der Waals surface area contributed by atoms with Crippen molar-refractivity contribution in [3.8, 4) is 0 Å². The molecule has 0 aromatic carbocycles. The van der Waals surface area contributed by atoms with E-state index in [0.717, 1.165) is 23.1 Å². The minimum absolute atomic E-state index is 0.0672. The summed E-state index contributed by atoms with van der Waals surface area (Å²) in [6, 6.07) is 0.758. The number of hydrogen-bond acceptors (Lipinski definition) is 15. The molecular weight excluding hydrogens is 600 g/mol.